The molecule has 0 aliphatic rings. The number of alkyl halides is 3. The molecule has 4 rings (SSSR count). The standard InChI is InChI=1S/C18H11ClF3N3O2/c19-13-3-1-2-10(16(13)26)9-4-5-11-14(6-9)25(8-18(20,21)22)17(27)12-7-23-24-15(11)12/h1-7,26H,8H2,(H,23,24). The van der Waals surface area contributed by atoms with E-state index >= 15 is 0 Å². The SMILES string of the molecule is O=c1c2cn[nH]c2c2ccc(-c3cccc(Cl)c3O)cc2n1CC(F)(F)F. The number of aromatic hydroxyl groups is 1. The Hall–Kier alpha value is -3.00. The molecule has 0 amide bonds. The maximum atomic E-state index is 13.1. The smallest absolute Gasteiger partial charge is 0.406 e. The first-order valence-electron chi connectivity index (χ1n) is 7.80. The van der Waals surface area contributed by atoms with Gasteiger partial charge in [-0.1, -0.05) is 35.9 Å². The third kappa shape index (κ3) is 2.91. The van der Waals surface area contributed by atoms with E-state index in [1.807, 2.05) is 0 Å². The molecule has 2 aromatic heterocycles. The number of halogens is 4. The van der Waals surface area contributed by atoms with Crippen molar-refractivity contribution < 1.29 is 18.3 Å². The number of H-pyrrole nitrogens is 1. The number of phenols is 1. The molecule has 2 N–H and O–H groups in total. The molecule has 0 aliphatic carbocycles. The van der Waals surface area contributed by atoms with Gasteiger partial charge in [0.15, 0.2) is 0 Å². The normalized spacial score (nSPS) is 12.1. The summed E-state index contributed by atoms with van der Waals surface area (Å²) in [5.74, 6) is -0.189. The van der Waals surface area contributed by atoms with Crippen LogP contribution in [-0.2, 0) is 6.54 Å². The minimum atomic E-state index is -4.58. The number of para-hydroxylation sites is 1. The van der Waals surface area contributed by atoms with E-state index in [2.05, 4.69) is 10.2 Å². The lowest BCUT2D eigenvalue weighted by Crippen LogP contribution is -2.28. The van der Waals surface area contributed by atoms with Crippen LogP contribution in [0.15, 0.2) is 47.4 Å². The Kier molecular flexibility index (Phi) is 3.88. The molecule has 0 unspecified atom stereocenters. The van der Waals surface area contributed by atoms with Crippen LogP contribution in [0, 0.1) is 0 Å². The predicted octanol–water partition coefficient (Wildman–Crippen LogP) is 4.47. The second-order valence-electron chi connectivity index (χ2n) is 6.03. The van der Waals surface area contributed by atoms with Gasteiger partial charge in [-0.25, -0.2) is 0 Å². The summed E-state index contributed by atoms with van der Waals surface area (Å²) in [4.78, 5) is 12.6. The molecule has 0 radical (unpaired) electrons. The van der Waals surface area contributed by atoms with Gasteiger partial charge >= 0.3 is 6.18 Å². The van der Waals surface area contributed by atoms with E-state index in [1.54, 1.807) is 24.3 Å². The first-order chi connectivity index (χ1) is 12.8. The zero-order valence-electron chi connectivity index (χ0n) is 13.5. The van der Waals surface area contributed by atoms with Gasteiger partial charge in [0.05, 0.1) is 27.6 Å². The number of benzene rings is 2. The van der Waals surface area contributed by atoms with Gasteiger partial charge in [0.1, 0.15) is 12.3 Å². The summed E-state index contributed by atoms with van der Waals surface area (Å²) in [7, 11) is 0. The Balaban J connectivity index is 2.07. The van der Waals surface area contributed by atoms with Crippen molar-refractivity contribution in [3.05, 3.63) is 58.0 Å². The van der Waals surface area contributed by atoms with Crippen LogP contribution in [-0.4, -0.2) is 26.0 Å². The fourth-order valence-corrected chi connectivity index (χ4v) is 3.30. The van der Waals surface area contributed by atoms with Gasteiger partial charge in [0.2, 0.25) is 0 Å². The van der Waals surface area contributed by atoms with Crippen LogP contribution in [0.2, 0.25) is 5.02 Å². The fourth-order valence-electron chi connectivity index (χ4n) is 3.13. The molecule has 2 aromatic carbocycles. The van der Waals surface area contributed by atoms with Crippen molar-refractivity contribution in [1.29, 1.82) is 0 Å². The summed E-state index contributed by atoms with van der Waals surface area (Å²) in [6.45, 7) is -1.44. The minimum Gasteiger partial charge on any atom is -0.506 e. The van der Waals surface area contributed by atoms with Gasteiger partial charge < -0.3 is 5.11 Å². The van der Waals surface area contributed by atoms with Crippen molar-refractivity contribution >= 4 is 33.4 Å². The third-order valence-corrected chi connectivity index (χ3v) is 4.61. The fraction of sp³-hybridized carbons (Fsp3) is 0.111. The number of nitrogens with one attached hydrogen (secondary N) is 1. The quantitative estimate of drug-likeness (QED) is 0.528. The van der Waals surface area contributed by atoms with Crippen LogP contribution >= 0.6 is 11.6 Å². The monoisotopic (exact) mass is 393 g/mol. The summed E-state index contributed by atoms with van der Waals surface area (Å²) in [5, 5.41) is 17.2. The molecular formula is C18H11ClF3N3O2. The number of fused-ring (bicyclic) bond motifs is 3. The van der Waals surface area contributed by atoms with Crippen molar-refractivity contribution in [2.24, 2.45) is 0 Å². The van der Waals surface area contributed by atoms with Crippen LogP contribution in [0.5, 0.6) is 5.75 Å². The average molecular weight is 394 g/mol. The van der Waals surface area contributed by atoms with Crippen molar-refractivity contribution in [2.45, 2.75) is 12.7 Å². The summed E-state index contributed by atoms with van der Waals surface area (Å²) in [6.07, 6.45) is -3.37. The Morgan fingerprint density at radius 3 is 2.70 bits per heavy atom. The van der Waals surface area contributed by atoms with Gasteiger partial charge in [0, 0.05) is 10.9 Å². The number of rotatable bonds is 2. The predicted molar refractivity (Wildman–Crippen MR) is 96.0 cm³/mol. The lowest BCUT2D eigenvalue weighted by Gasteiger charge is -2.15. The molecule has 2 heterocycles. The number of nitrogens with zero attached hydrogens (tertiary/aromatic N) is 2. The average Bonchev–Trinajstić information content (AvgIpc) is 3.10. The first kappa shape index (κ1) is 17.4. The van der Waals surface area contributed by atoms with E-state index in [-0.39, 0.29) is 21.7 Å². The van der Waals surface area contributed by atoms with E-state index in [0.717, 1.165) is 0 Å². The van der Waals surface area contributed by atoms with Crippen molar-refractivity contribution in [2.75, 3.05) is 0 Å². The highest BCUT2D eigenvalue weighted by atomic mass is 35.5. The molecule has 0 fully saturated rings. The highest BCUT2D eigenvalue weighted by molar-refractivity contribution is 6.32. The molecule has 0 spiro atoms. The third-order valence-electron chi connectivity index (χ3n) is 4.31. The summed E-state index contributed by atoms with van der Waals surface area (Å²) in [5.41, 5.74) is 0.411. The summed E-state index contributed by atoms with van der Waals surface area (Å²) >= 11 is 5.92. The second-order valence-corrected chi connectivity index (χ2v) is 6.44. The number of pyridine rings is 1. The Morgan fingerprint density at radius 2 is 1.96 bits per heavy atom. The van der Waals surface area contributed by atoms with E-state index in [1.165, 1.54) is 18.3 Å². The highest BCUT2D eigenvalue weighted by Crippen LogP contribution is 2.36. The van der Waals surface area contributed by atoms with E-state index in [9.17, 15) is 23.1 Å². The number of hydrogen-bond donors (Lipinski definition) is 2. The number of aromatic amines is 1. The molecule has 9 heteroatoms. The van der Waals surface area contributed by atoms with Gasteiger partial charge in [-0.2, -0.15) is 18.3 Å². The molecule has 0 aliphatic heterocycles. The number of aromatic nitrogens is 3. The van der Waals surface area contributed by atoms with Gasteiger partial charge in [-0.15, -0.1) is 0 Å². The molecule has 27 heavy (non-hydrogen) atoms. The maximum Gasteiger partial charge on any atom is 0.406 e. The van der Waals surface area contributed by atoms with Gasteiger partial charge in [0.25, 0.3) is 5.56 Å². The zero-order valence-corrected chi connectivity index (χ0v) is 14.3. The van der Waals surface area contributed by atoms with Crippen LogP contribution in [0.1, 0.15) is 0 Å². The first-order valence-corrected chi connectivity index (χ1v) is 8.18. The molecule has 138 valence electrons. The van der Waals surface area contributed by atoms with Crippen molar-refractivity contribution in [3.8, 4) is 16.9 Å². The van der Waals surface area contributed by atoms with Crippen LogP contribution in [0.4, 0.5) is 13.2 Å². The molecule has 4 aromatic rings. The lowest BCUT2D eigenvalue weighted by atomic mass is 10.0. The van der Waals surface area contributed by atoms with Crippen LogP contribution in [0.3, 0.4) is 0 Å². The molecule has 0 saturated carbocycles. The summed E-state index contributed by atoms with van der Waals surface area (Å²) in [6, 6.07) is 9.34. The zero-order chi connectivity index (χ0) is 19.3. The second kappa shape index (κ2) is 6.02. The molecule has 0 bridgehead atoms. The van der Waals surface area contributed by atoms with Crippen molar-refractivity contribution in [3.63, 3.8) is 0 Å². The minimum absolute atomic E-state index is 0.0742. The van der Waals surface area contributed by atoms with Crippen LogP contribution < -0.4 is 5.56 Å². The molecular weight excluding hydrogens is 383 g/mol. The molecule has 0 saturated heterocycles. The molecule has 0 atom stereocenters. The maximum absolute atomic E-state index is 13.1. The van der Waals surface area contributed by atoms with E-state index < -0.39 is 18.3 Å². The van der Waals surface area contributed by atoms with Gasteiger partial charge in [-0.3, -0.25) is 14.5 Å². The largest absolute Gasteiger partial charge is 0.506 e. The number of hydrogen-bond acceptors (Lipinski definition) is 3. The van der Waals surface area contributed by atoms with Crippen LogP contribution in [0.25, 0.3) is 32.9 Å². The summed E-state index contributed by atoms with van der Waals surface area (Å²) < 4.78 is 39.9. The van der Waals surface area contributed by atoms with E-state index in [0.29, 0.717) is 26.6 Å². The Labute approximate surface area is 154 Å². The van der Waals surface area contributed by atoms with E-state index in [4.69, 9.17) is 11.6 Å². The van der Waals surface area contributed by atoms with Gasteiger partial charge in [-0.05, 0) is 17.7 Å². The van der Waals surface area contributed by atoms with Crippen molar-refractivity contribution in [1.82, 2.24) is 14.8 Å². The highest BCUT2D eigenvalue weighted by Gasteiger charge is 2.30. The Morgan fingerprint density at radius 1 is 1.19 bits per heavy atom. The number of phenolic OH excluding ortho intramolecular Hbond substituents is 1. The lowest BCUT2D eigenvalue weighted by molar-refractivity contribution is -0.140. The Bertz CT molecular complexity index is 1240. The molecule has 5 nitrogen and oxygen atoms in total. The topological polar surface area (TPSA) is 70.9 Å².